The quantitative estimate of drug-likeness (QED) is 0.908. The van der Waals surface area contributed by atoms with Crippen LogP contribution in [-0.4, -0.2) is 13.2 Å². The molecule has 1 fully saturated rings. The van der Waals surface area contributed by atoms with E-state index < -0.39 is 0 Å². The van der Waals surface area contributed by atoms with E-state index in [0.717, 1.165) is 36.1 Å². The molecule has 1 unspecified atom stereocenters. The zero-order valence-corrected chi connectivity index (χ0v) is 10.5. The molecule has 1 aliphatic rings. The van der Waals surface area contributed by atoms with Gasteiger partial charge in [-0.15, -0.1) is 0 Å². The number of benzene rings is 1. The van der Waals surface area contributed by atoms with E-state index in [9.17, 15) is 4.39 Å². The Morgan fingerprint density at radius 1 is 1.31 bits per heavy atom. The Bertz CT molecular complexity index is 346. The van der Waals surface area contributed by atoms with Gasteiger partial charge in [0.25, 0.3) is 0 Å². The van der Waals surface area contributed by atoms with Crippen LogP contribution in [0.25, 0.3) is 0 Å². The maximum Gasteiger partial charge on any atom is 0.124 e. The van der Waals surface area contributed by atoms with Crippen molar-refractivity contribution in [1.82, 2.24) is 0 Å². The largest absolute Gasteiger partial charge is 0.381 e. The predicted molar refractivity (Wildman–Crippen MR) is 64.6 cm³/mol. The molecule has 0 radical (unpaired) electrons. The summed E-state index contributed by atoms with van der Waals surface area (Å²) >= 11 is 3.29. The fraction of sp³-hybridized carbons (Fsp3) is 0.500. The van der Waals surface area contributed by atoms with Crippen LogP contribution in [0.3, 0.4) is 0 Å². The highest BCUT2D eigenvalue weighted by molar-refractivity contribution is 9.10. The van der Waals surface area contributed by atoms with E-state index in [1.165, 1.54) is 12.1 Å². The number of ether oxygens (including phenoxy) is 1. The van der Waals surface area contributed by atoms with Crippen LogP contribution in [0, 0.1) is 11.7 Å². The van der Waals surface area contributed by atoms with Gasteiger partial charge in [-0.2, -0.15) is 0 Å². The van der Waals surface area contributed by atoms with Crippen molar-refractivity contribution in [1.29, 1.82) is 0 Å². The molecule has 1 aromatic carbocycles. The molecular formula is C12H15BrFNO. The first-order valence-corrected chi connectivity index (χ1v) is 6.25. The first-order chi connectivity index (χ1) is 7.66. The highest BCUT2D eigenvalue weighted by Crippen LogP contribution is 2.29. The maximum absolute atomic E-state index is 13.2. The topological polar surface area (TPSA) is 35.2 Å². The van der Waals surface area contributed by atoms with E-state index >= 15 is 0 Å². The first-order valence-electron chi connectivity index (χ1n) is 5.46. The van der Waals surface area contributed by atoms with Gasteiger partial charge in [0, 0.05) is 23.7 Å². The summed E-state index contributed by atoms with van der Waals surface area (Å²) in [5.74, 6) is 0.148. The average molecular weight is 288 g/mol. The molecule has 2 nitrogen and oxygen atoms in total. The Balaban J connectivity index is 2.15. The van der Waals surface area contributed by atoms with Crippen molar-refractivity contribution in [2.75, 3.05) is 13.2 Å². The minimum Gasteiger partial charge on any atom is -0.381 e. The molecule has 0 bridgehead atoms. The van der Waals surface area contributed by atoms with Crippen LogP contribution < -0.4 is 5.73 Å². The van der Waals surface area contributed by atoms with E-state index in [1.807, 2.05) is 6.07 Å². The average Bonchev–Trinajstić information content (AvgIpc) is 2.28. The number of rotatable bonds is 2. The SMILES string of the molecule is NC(c1cc(F)cc(Br)c1)C1CCOCC1. The summed E-state index contributed by atoms with van der Waals surface area (Å²) in [5.41, 5.74) is 7.02. The zero-order valence-electron chi connectivity index (χ0n) is 8.96. The second-order valence-corrected chi connectivity index (χ2v) is 5.09. The van der Waals surface area contributed by atoms with Crippen LogP contribution >= 0.6 is 15.9 Å². The second kappa shape index (κ2) is 5.25. The van der Waals surface area contributed by atoms with Crippen LogP contribution in [0.5, 0.6) is 0 Å². The van der Waals surface area contributed by atoms with E-state index in [4.69, 9.17) is 10.5 Å². The van der Waals surface area contributed by atoms with Crippen LogP contribution in [-0.2, 0) is 4.74 Å². The molecule has 0 aliphatic carbocycles. The zero-order chi connectivity index (χ0) is 11.5. The molecule has 1 saturated heterocycles. The summed E-state index contributed by atoms with van der Waals surface area (Å²) in [6, 6.07) is 4.75. The predicted octanol–water partition coefficient (Wildman–Crippen LogP) is 3.01. The summed E-state index contributed by atoms with van der Waals surface area (Å²) in [5, 5.41) is 0. The summed E-state index contributed by atoms with van der Waals surface area (Å²) in [6.07, 6.45) is 1.91. The van der Waals surface area contributed by atoms with Gasteiger partial charge in [-0.1, -0.05) is 15.9 Å². The Morgan fingerprint density at radius 3 is 2.62 bits per heavy atom. The molecule has 4 heteroatoms. The Kier molecular flexibility index (Phi) is 3.95. The fourth-order valence-electron chi connectivity index (χ4n) is 2.11. The molecule has 1 aromatic rings. The van der Waals surface area contributed by atoms with E-state index in [0.29, 0.717) is 5.92 Å². The molecular weight excluding hydrogens is 273 g/mol. The third kappa shape index (κ3) is 2.81. The summed E-state index contributed by atoms with van der Waals surface area (Å²) in [7, 11) is 0. The highest BCUT2D eigenvalue weighted by atomic mass is 79.9. The first kappa shape index (κ1) is 12.0. The third-order valence-corrected chi connectivity index (χ3v) is 3.50. The van der Waals surface area contributed by atoms with Crippen molar-refractivity contribution in [3.05, 3.63) is 34.1 Å². The van der Waals surface area contributed by atoms with Gasteiger partial charge in [0.2, 0.25) is 0 Å². The molecule has 1 atom stereocenters. The lowest BCUT2D eigenvalue weighted by atomic mass is 9.88. The summed E-state index contributed by atoms with van der Waals surface area (Å²) in [6.45, 7) is 1.52. The maximum atomic E-state index is 13.2. The molecule has 2 rings (SSSR count). The minimum atomic E-state index is -0.244. The van der Waals surface area contributed by atoms with Crippen molar-refractivity contribution < 1.29 is 9.13 Å². The molecule has 0 aromatic heterocycles. The van der Waals surface area contributed by atoms with Gasteiger partial charge in [0.05, 0.1) is 0 Å². The van der Waals surface area contributed by atoms with Gasteiger partial charge < -0.3 is 10.5 Å². The van der Waals surface area contributed by atoms with Gasteiger partial charge in [0.15, 0.2) is 0 Å². The van der Waals surface area contributed by atoms with Gasteiger partial charge in [-0.3, -0.25) is 0 Å². The molecule has 2 N–H and O–H groups in total. The molecule has 0 amide bonds. The molecule has 88 valence electrons. The van der Waals surface area contributed by atoms with Gasteiger partial charge in [-0.05, 0) is 42.5 Å². The normalized spacial score (nSPS) is 19.7. The lowest BCUT2D eigenvalue weighted by Gasteiger charge is -2.28. The van der Waals surface area contributed by atoms with Crippen LogP contribution in [0.1, 0.15) is 24.4 Å². The lowest BCUT2D eigenvalue weighted by molar-refractivity contribution is 0.0583. The highest BCUT2D eigenvalue weighted by Gasteiger charge is 2.22. The Morgan fingerprint density at radius 2 is 2.00 bits per heavy atom. The van der Waals surface area contributed by atoms with Crippen molar-refractivity contribution in [3.63, 3.8) is 0 Å². The standard InChI is InChI=1S/C12H15BrFNO/c13-10-5-9(6-11(14)7-10)12(15)8-1-3-16-4-2-8/h5-8,12H,1-4,15H2. The van der Waals surface area contributed by atoms with Crippen LogP contribution in [0.15, 0.2) is 22.7 Å². The van der Waals surface area contributed by atoms with Crippen molar-refractivity contribution >= 4 is 15.9 Å². The minimum absolute atomic E-state index is 0.101. The van der Waals surface area contributed by atoms with Crippen LogP contribution in [0.4, 0.5) is 4.39 Å². The molecule has 1 heterocycles. The number of halogens is 2. The Labute approximate surface area is 103 Å². The summed E-state index contributed by atoms with van der Waals surface area (Å²) in [4.78, 5) is 0. The summed E-state index contributed by atoms with van der Waals surface area (Å²) < 4.78 is 19.3. The Hall–Kier alpha value is -0.450. The van der Waals surface area contributed by atoms with E-state index in [1.54, 1.807) is 0 Å². The van der Waals surface area contributed by atoms with Crippen molar-refractivity contribution in [2.45, 2.75) is 18.9 Å². The van der Waals surface area contributed by atoms with Crippen molar-refractivity contribution in [2.24, 2.45) is 11.7 Å². The third-order valence-electron chi connectivity index (χ3n) is 3.04. The van der Waals surface area contributed by atoms with Crippen LogP contribution in [0.2, 0.25) is 0 Å². The molecule has 0 spiro atoms. The van der Waals surface area contributed by atoms with E-state index in [2.05, 4.69) is 15.9 Å². The number of hydrogen-bond donors (Lipinski definition) is 1. The molecule has 16 heavy (non-hydrogen) atoms. The van der Waals surface area contributed by atoms with E-state index in [-0.39, 0.29) is 11.9 Å². The molecule has 0 saturated carbocycles. The van der Waals surface area contributed by atoms with Gasteiger partial charge in [-0.25, -0.2) is 4.39 Å². The van der Waals surface area contributed by atoms with Gasteiger partial charge >= 0.3 is 0 Å². The van der Waals surface area contributed by atoms with Crippen molar-refractivity contribution in [3.8, 4) is 0 Å². The monoisotopic (exact) mass is 287 g/mol. The number of nitrogens with two attached hydrogens (primary N) is 1. The second-order valence-electron chi connectivity index (χ2n) is 4.18. The van der Waals surface area contributed by atoms with Gasteiger partial charge in [0.1, 0.15) is 5.82 Å². The number of hydrogen-bond acceptors (Lipinski definition) is 2. The lowest BCUT2D eigenvalue weighted by Crippen LogP contribution is -2.27. The molecule has 1 aliphatic heterocycles. The smallest absolute Gasteiger partial charge is 0.124 e. The fourth-order valence-corrected chi connectivity index (χ4v) is 2.60.